The van der Waals surface area contributed by atoms with E-state index >= 15 is 0 Å². The van der Waals surface area contributed by atoms with Crippen molar-refractivity contribution in [2.24, 2.45) is 0 Å². The summed E-state index contributed by atoms with van der Waals surface area (Å²) in [7, 11) is 1.75. The van der Waals surface area contributed by atoms with Gasteiger partial charge in [0.1, 0.15) is 11.4 Å². The molecule has 1 aliphatic rings. The van der Waals surface area contributed by atoms with Crippen molar-refractivity contribution < 1.29 is 14.4 Å². The Morgan fingerprint density at radius 2 is 1.91 bits per heavy atom. The van der Waals surface area contributed by atoms with Crippen LogP contribution in [0.25, 0.3) is 0 Å². The second-order valence-corrected chi connectivity index (χ2v) is 6.02. The van der Waals surface area contributed by atoms with E-state index in [1.54, 1.807) is 12.0 Å². The van der Waals surface area contributed by atoms with Crippen LogP contribution < -0.4 is 4.90 Å². The van der Waals surface area contributed by atoms with Crippen LogP contribution in [-0.4, -0.2) is 39.0 Å². The van der Waals surface area contributed by atoms with Crippen LogP contribution in [0.5, 0.6) is 0 Å². The van der Waals surface area contributed by atoms with E-state index < -0.39 is 0 Å². The molecule has 1 fully saturated rings. The standard InChI is InChI=1S/C19H29NO2/c1-4-18(21-3)19(22-5-2)12-15-20(16-13-19)14-11-17-9-7-6-8-10-17/h4,6-10H,5,11-16H2,1-3H3/p+1/b18-4+. The molecule has 0 aromatic heterocycles. The fourth-order valence-corrected chi connectivity index (χ4v) is 3.53. The average Bonchev–Trinajstić information content (AvgIpc) is 2.57. The molecular formula is C19H30NO2+. The van der Waals surface area contributed by atoms with Crippen LogP contribution in [0.15, 0.2) is 42.2 Å². The maximum Gasteiger partial charge on any atom is 0.135 e. The molecule has 0 saturated carbocycles. The highest BCUT2D eigenvalue weighted by atomic mass is 16.5. The lowest BCUT2D eigenvalue weighted by molar-refractivity contribution is -0.907. The molecule has 3 heteroatoms. The molecule has 1 N–H and O–H groups in total. The number of piperidine rings is 1. The first kappa shape index (κ1) is 17.0. The summed E-state index contributed by atoms with van der Waals surface area (Å²) in [6.45, 7) is 8.33. The smallest absolute Gasteiger partial charge is 0.135 e. The van der Waals surface area contributed by atoms with Crippen LogP contribution in [0.2, 0.25) is 0 Å². The number of nitrogens with one attached hydrogen (secondary N) is 1. The van der Waals surface area contributed by atoms with Crippen molar-refractivity contribution >= 4 is 0 Å². The van der Waals surface area contributed by atoms with Gasteiger partial charge in [0.05, 0.1) is 26.7 Å². The molecule has 22 heavy (non-hydrogen) atoms. The van der Waals surface area contributed by atoms with Crippen LogP contribution >= 0.6 is 0 Å². The predicted octanol–water partition coefficient (Wildman–Crippen LogP) is 2.23. The van der Waals surface area contributed by atoms with Crippen LogP contribution in [-0.2, 0) is 15.9 Å². The number of rotatable bonds is 7. The summed E-state index contributed by atoms with van der Waals surface area (Å²) in [5, 5.41) is 0. The molecule has 1 aromatic carbocycles. The summed E-state index contributed by atoms with van der Waals surface area (Å²) in [5.74, 6) is 0.997. The third-order valence-corrected chi connectivity index (χ3v) is 4.73. The Labute approximate surface area is 134 Å². The highest BCUT2D eigenvalue weighted by Crippen LogP contribution is 2.30. The maximum atomic E-state index is 6.12. The molecule has 1 aromatic rings. The number of benzene rings is 1. The highest BCUT2D eigenvalue weighted by molar-refractivity contribution is 5.14. The summed E-state index contributed by atoms with van der Waals surface area (Å²) in [6, 6.07) is 10.8. The quantitative estimate of drug-likeness (QED) is 0.781. The number of quaternary nitrogens is 1. The topological polar surface area (TPSA) is 22.9 Å². The molecule has 122 valence electrons. The zero-order chi connectivity index (χ0) is 15.8. The fraction of sp³-hybridized carbons (Fsp3) is 0.579. The number of allylic oxidation sites excluding steroid dienone is 1. The largest absolute Gasteiger partial charge is 0.498 e. The van der Waals surface area contributed by atoms with Crippen molar-refractivity contribution in [3.63, 3.8) is 0 Å². The minimum absolute atomic E-state index is 0.200. The monoisotopic (exact) mass is 304 g/mol. The van der Waals surface area contributed by atoms with Crippen molar-refractivity contribution in [1.82, 2.24) is 0 Å². The van der Waals surface area contributed by atoms with Gasteiger partial charge in [0, 0.05) is 25.9 Å². The van der Waals surface area contributed by atoms with E-state index in [1.807, 2.05) is 6.92 Å². The van der Waals surface area contributed by atoms with Crippen LogP contribution in [0.3, 0.4) is 0 Å². The Balaban J connectivity index is 1.90. The van der Waals surface area contributed by atoms with Crippen LogP contribution in [0.1, 0.15) is 32.3 Å². The molecule has 0 spiro atoms. The second kappa shape index (κ2) is 8.35. The molecule has 0 atom stereocenters. The number of ether oxygens (including phenoxy) is 2. The van der Waals surface area contributed by atoms with Gasteiger partial charge in [0.25, 0.3) is 0 Å². The molecule has 2 rings (SSSR count). The number of methoxy groups -OCH3 is 1. The Morgan fingerprint density at radius 1 is 1.23 bits per heavy atom. The third kappa shape index (κ3) is 4.11. The number of hydrogen-bond acceptors (Lipinski definition) is 2. The summed E-state index contributed by atoms with van der Waals surface area (Å²) < 4.78 is 11.7. The van der Waals surface area contributed by atoms with Gasteiger partial charge in [-0.3, -0.25) is 0 Å². The zero-order valence-electron chi connectivity index (χ0n) is 14.2. The molecule has 1 saturated heterocycles. The summed E-state index contributed by atoms with van der Waals surface area (Å²) in [6.07, 6.45) is 5.29. The molecule has 3 nitrogen and oxygen atoms in total. The van der Waals surface area contributed by atoms with E-state index in [1.165, 1.54) is 12.1 Å². The van der Waals surface area contributed by atoms with Gasteiger partial charge < -0.3 is 14.4 Å². The van der Waals surface area contributed by atoms with Gasteiger partial charge >= 0.3 is 0 Å². The SMILES string of the molecule is C/C=C(/OC)C1(OCC)CC[NH+](CCc2ccccc2)CC1. The van der Waals surface area contributed by atoms with E-state index in [0.717, 1.165) is 44.7 Å². The van der Waals surface area contributed by atoms with E-state index in [4.69, 9.17) is 9.47 Å². The Bertz CT molecular complexity index is 462. The molecule has 1 aliphatic heterocycles. The van der Waals surface area contributed by atoms with Gasteiger partial charge in [0.15, 0.2) is 0 Å². The first-order valence-electron chi connectivity index (χ1n) is 8.46. The summed E-state index contributed by atoms with van der Waals surface area (Å²) in [4.78, 5) is 1.67. The van der Waals surface area contributed by atoms with E-state index in [0.29, 0.717) is 0 Å². The normalized spacial score (nSPS) is 26.0. The second-order valence-electron chi connectivity index (χ2n) is 6.02. The number of likely N-dealkylation sites (tertiary alicyclic amines) is 1. The Hall–Kier alpha value is -1.32. The maximum absolute atomic E-state index is 6.12. The minimum Gasteiger partial charge on any atom is -0.498 e. The lowest BCUT2D eigenvalue weighted by atomic mass is 9.88. The van der Waals surface area contributed by atoms with Gasteiger partial charge in [-0.25, -0.2) is 0 Å². The first-order chi connectivity index (χ1) is 10.7. The van der Waals surface area contributed by atoms with Crippen LogP contribution in [0, 0.1) is 0 Å². The van der Waals surface area contributed by atoms with Gasteiger partial charge in [-0.2, -0.15) is 0 Å². The number of hydrogen-bond donors (Lipinski definition) is 1. The molecule has 0 aliphatic carbocycles. The van der Waals surface area contributed by atoms with E-state index in [-0.39, 0.29) is 5.60 Å². The van der Waals surface area contributed by atoms with Crippen molar-refractivity contribution in [3.8, 4) is 0 Å². The van der Waals surface area contributed by atoms with E-state index in [2.05, 4.69) is 43.3 Å². The fourth-order valence-electron chi connectivity index (χ4n) is 3.53. The molecule has 0 bridgehead atoms. The van der Waals surface area contributed by atoms with Crippen molar-refractivity contribution in [2.45, 2.75) is 38.7 Å². The van der Waals surface area contributed by atoms with Gasteiger partial charge in [0.2, 0.25) is 0 Å². The molecule has 0 amide bonds. The zero-order valence-corrected chi connectivity index (χ0v) is 14.2. The molecule has 0 radical (unpaired) electrons. The molecule has 0 unspecified atom stereocenters. The Morgan fingerprint density at radius 3 is 2.45 bits per heavy atom. The predicted molar refractivity (Wildman–Crippen MR) is 90.1 cm³/mol. The van der Waals surface area contributed by atoms with Gasteiger partial charge in [-0.15, -0.1) is 0 Å². The molecular weight excluding hydrogens is 274 g/mol. The lowest BCUT2D eigenvalue weighted by Gasteiger charge is -2.40. The third-order valence-electron chi connectivity index (χ3n) is 4.73. The van der Waals surface area contributed by atoms with Crippen molar-refractivity contribution in [2.75, 3.05) is 33.4 Å². The minimum atomic E-state index is -0.200. The van der Waals surface area contributed by atoms with Crippen LogP contribution in [0.4, 0.5) is 0 Å². The van der Waals surface area contributed by atoms with Crippen molar-refractivity contribution in [1.29, 1.82) is 0 Å². The highest BCUT2D eigenvalue weighted by Gasteiger charge is 2.41. The van der Waals surface area contributed by atoms with Crippen molar-refractivity contribution in [3.05, 3.63) is 47.7 Å². The summed E-state index contributed by atoms with van der Waals surface area (Å²) >= 11 is 0. The molecule has 1 heterocycles. The first-order valence-corrected chi connectivity index (χ1v) is 8.46. The Kier molecular flexibility index (Phi) is 6.47. The van der Waals surface area contributed by atoms with Gasteiger partial charge in [-0.1, -0.05) is 30.3 Å². The lowest BCUT2D eigenvalue weighted by Crippen LogP contribution is -3.14. The van der Waals surface area contributed by atoms with Gasteiger partial charge in [-0.05, 0) is 25.5 Å². The summed E-state index contributed by atoms with van der Waals surface area (Å²) in [5.41, 5.74) is 1.23. The van der Waals surface area contributed by atoms with E-state index in [9.17, 15) is 0 Å². The average molecular weight is 304 g/mol.